The van der Waals surface area contributed by atoms with Crippen molar-refractivity contribution in [3.05, 3.63) is 82.6 Å². The number of unbranched alkanes of at least 4 members (excludes halogenated alkanes) is 4. The van der Waals surface area contributed by atoms with Gasteiger partial charge in [0.15, 0.2) is 0 Å². The summed E-state index contributed by atoms with van der Waals surface area (Å²) in [6, 6.07) is 19.1. The average molecular weight is 647 g/mol. The van der Waals surface area contributed by atoms with Crippen LogP contribution < -0.4 is 10.6 Å². The molecule has 0 fully saturated rings. The fraction of sp³-hybridized carbons (Fsp3) is 0.314. The van der Waals surface area contributed by atoms with Crippen molar-refractivity contribution in [2.24, 2.45) is 0 Å². The summed E-state index contributed by atoms with van der Waals surface area (Å²) < 4.78 is 10.5. The number of hydrogen-bond donors (Lipinski definition) is 2. The van der Waals surface area contributed by atoms with E-state index in [0.29, 0.717) is 46.8 Å². The third-order valence-electron chi connectivity index (χ3n) is 7.02. The first kappa shape index (κ1) is 33.6. The van der Waals surface area contributed by atoms with E-state index < -0.39 is 11.9 Å². The largest absolute Gasteiger partial charge is 0.462 e. The van der Waals surface area contributed by atoms with E-state index in [4.69, 9.17) is 9.47 Å². The second-order valence-corrected chi connectivity index (χ2v) is 12.0. The molecular formula is C35H38N2O6S2. The van der Waals surface area contributed by atoms with Crippen LogP contribution in [0, 0.1) is 0 Å². The monoisotopic (exact) mass is 646 g/mol. The Morgan fingerprint density at radius 1 is 0.578 bits per heavy atom. The molecule has 0 aliphatic carbocycles. The molecule has 10 heteroatoms. The Labute approximate surface area is 271 Å². The topological polar surface area (TPSA) is 111 Å². The number of rotatable bonds is 16. The predicted molar refractivity (Wildman–Crippen MR) is 181 cm³/mol. The summed E-state index contributed by atoms with van der Waals surface area (Å²) >= 11 is 2.63. The van der Waals surface area contributed by atoms with Crippen molar-refractivity contribution < 1.29 is 28.7 Å². The summed E-state index contributed by atoms with van der Waals surface area (Å²) in [6.07, 6.45) is 4.64. The van der Waals surface area contributed by atoms with E-state index in [1.807, 2.05) is 71.4 Å². The van der Waals surface area contributed by atoms with Gasteiger partial charge < -0.3 is 20.1 Å². The second kappa shape index (κ2) is 17.3. The zero-order valence-corrected chi connectivity index (χ0v) is 27.2. The molecule has 4 aromatic rings. The quantitative estimate of drug-likeness (QED) is 0.0930. The van der Waals surface area contributed by atoms with Gasteiger partial charge in [0, 0.05) is 34.7 Å². The molecule has 2 aromatic carbocycles. The molecule has 4 rings (SSSR count). The number of hydrogen-bond acceptors (Lipinski definition) is 8. The maximum absolute atomic E-state index is 12.7. The highest BCUT2D eigenvalue weighted by Gasteiger charge is 2.24. The fourth-order valence-electron chi connectivity index (χ4n) is 4.85. The molecule has 2 aromatic heterocycles. The van der Waals surface area contributed by atoms with Crippen LogP contribution in [0.25, 0.3) is 22.3 Å². The van der Waals surface area contributed by atoms with E-state index in [9.17, 15) is 19.2 Å². The van der Waals surface area contributed by atoms with Crippen molar-refractivity contribution in [1.82, 2.24) is 0 Å². The SMILES string of the molecule is CCOC(=O)c1c(-c2ccccc2)csc1NC(=O)CCCCCCCC(=O)Nc1scc(-c2ccccc2)c1C(=O)OCC. The minimum absolute atomic E-state index is 0.149. The molecule has 2 amide bonds. The van der Waals surface area contributed by atoms with E-state index in [0.717, 1.165) is 41.5 Å². The van der Waals surface area contributed by atoms with Crippen LogP contribution in [0.4, 0.5) is 10.0 Å². The van der Waals surface area contributed by atoms with Gasteiger partial charge in [0.25, 0.3) is 0 Å². The molecule has 0 aliphatic rings. The minimum atomic E-state index is -0.454. The van der Waals surface area contributed by atoms with Crippen LogP contribution in [-0.4, -0.2) is 37.0 Å². The number of anilines is 2. The first-order valence-corrected chi connectivity index (χ1v) is 17.0. The predicted octanol–water partition coefficient (Wildman–Crippen LogP) is 8.80. The normalized spacial score (nSPS) is 10.7. The third kappa shape index (κ3) is 9.36. The van der Waals surface area contributed by atoms with Crippen molar-refractivity contribution in [2.45, 2.75) is 58.8 Å². The summed E-state index contributed by atoms with van der Waals surface area (Å²) in [5.41, 5.74) is 4.02. The van der Waals surface area contributed by atoms with Gasteiger partial charge >= 0.3 is 11.9 Å². The van der Waals surface area contributed by atoms with Gasteiger partial charge in [-0.3, -0.25) is 9.59 Å². The van der Waals surface area contributed by atoms with E-state index in [-0.39, 0.29) is 25.0 Å². The molecule has 0 unspecified atom stereocenters. The van der Waals surface area contributed by atoms with Crippen molar-refractivity contribution in [2.75, 3.05) is 23.8 Å². The lowest BCUT2D eigenvalue weighted by molar-refractivity contribution is -0.117. The van der Waals surface area contributed by atoms with Gasteiger partial charge in [-0.05, 0) is 37.8 Å². The molecule has 0 bridgehead atoms. The van der Waals surface area contributed by atoms with Gasteiger partial charge in [0.2, 0.25) is 11.8 Å². The van der Waals surface area contributed by atoms with E-state index in [2.05, 4.69) is 10.6 Å². The standard InChI is InChI=1S/C35H38N2O6S2/c1-3-42-34(40)30-26(24-16-10-8-11-17-24)22-44-32(30)36-28(38)20-14-6-5-7-15-21-29(39)37-33-31(35(41)43-4-2)27(23-45-33)25-18-12-9-13-19-25/h8-13,16-19,22-23H,3-7,14-15,20-21H2,1-2H3,(H,36,38)(H,37,39). The molecule has 45 heavy (non-hydrogen) atoms. The Morgan fingerprint density at radius 2 is 0.956 bits per heavy atom. The summed E-state index contributed by atoms with van der Waals surface area (Å²) in [6.45, 7) is 4.00. The number of benzene rings is 2. The van der Waals surface area contributed by atoms with E-state index in [1.54, 1.807) is 13.8 Å². The molecule has 2 N–H and O–H groups in total. The Bertz CT molecular complexity index is 1460. The Hall–Kier alpha value is -4.28. The van der Waals surface area contributed by atoms with Crippen LogP contribution in [0.5, 0.6) is 0 Å². The molecule has 0 aliphatic heterocycles. The highest BCUT2D eigenvalue weighted by Crippen LogP contribution is 2.37. The number of esters is 2. The lowest BCUT2D eigenvalue weighted by atomic mass is 10.0. The molecule has 8 nitrogen and oxygen atoms in total. The second-order valence-electron chi connectivity index (χ2n) is 10.2. The van der Waals surface area contributed by atoms with Gasteiger partial charge in [-0.1, -0.05) is 79.9 Å². The molecular weight excluding hydrogens is 609 g/mol. The van der Waals surface area contributed by atoms with E-state index >= 15 is 0 Å². The zero-order chi connectivity index (χ0) is 32.0. The number of nitrogens with one attached hydrogen (secondary N) is 2. The summed E-state index contributed by atoms with van der Waals surface area (Å²) in [4.78, 5) is 50.9. The molecule has 0 radical (unpaired) electrons. The lowest BCUT2D eigenvalue weighted by Crippen LogP contribution is -2.14. The Morgan fingerprint density at radius 3 is 1.33 bits per heavy atom. The van der Waals surface area contributed by atoms with Crippen LogP contribution in [0.1, 0.15) is 79.5 Å². The fourth-order valence-corrected chi connectivity index (χ4v) is 6.80. The van der Waals surface area contributed by atoms with Gasteiger partial charge in [0.05, 0.1) is 13.2 Å². The molecule has 0 spiro atoms. The number of carbonyl (C=O) groups excluding carboxylic acids is 4. The molecule has 236 valence electrons. The first-order chi connectivity index (χ1) is 21.9. The van der Waals surface area contributed by atoms with Gasteiger partial charge in [-0.25, -0.2) is 9.59 Å². The maximum Gasteiger partial charge on any atom is 0.341 e. The molecule has 0 atom stereocenters. The minimum Gasteiger partial charge on any atom is -0.462 e. The van der Waals surface area contributed by atoms with Crippen molar-refractivity contribution in [3.63, 3.8) is 0 Å². The van der Waals surface area contributed by atoms with Gasteiger partial charge in [-0.2, -0.15) is 0 Å². The Balaban J connectivity index is 1.21. The average Bonchev–Trinajstić information content (AvgIpc) is 3.66. The maximum atomic E-state index is 12.7. The third-order valence-corrected chi connectivity index (χ3v) is 8.82. The molecule has 0 saturated heterocycles. The highest BCUT2D eigenvalue weighted by atomic mass is 32.1. The molecule has 2 heterocycles. The zero-order valence-electron chi connectivity index (χ0n) is 25.6. The van der Waals surface area contributed by atoms with Crippen LogP contribution in [0.2, 0.25) is 0 Å². The van der Waals surface area contributed by atoms with Crippen molar-refractivity contribution in [1.29, 1.82) is 0 Å². The van der Waals surface area contributed by atoms with Crippen molar-refractivity contribution in [3.8, 4) is 22.3 Å². The summed E-state index contributed by atoms with van der Waals surface area (Å²) in [5, 5.41) is 10.5. The number of carbonyl (C=O) groups is 4. The van der Waals surface area contributed by atoms with Crippen LogP contribution in [0.3, 0.4) is 0 Å². The summed E-state index contributed by atoms with van der Waals surface area (Å²) in [5.74, 6) is -1.20. The lowest BCUT2D eigenvalue weighted by Gasteiger charge is -2.09. The first-order valence-electron chi connectivity index (χ1n) is 15.2. The Kier molecular flexibility index (Phi) is 12.9. The molecule has 0 saturated carbocycles. The van der Waals surface area contributed by atoms with Crippen molar-refractivity contribution >= 4 is 56.4 Å². The van der Waals surface area contributed by atoms with Gasteiger partial charge in [0.1, 0.15) is 21.1 Å². The number of thiophene rings is 2. The van der Waals surface area contributed by atoms with Crippen LogP contribution >= 0.6 is 22.7 Å². The summed E-state index contributed by atoms with van der Waals surface area (Å²) in [7, 11) is 0. The number of amides is 2. The van der Waals surface area contributed by atoms with Crippen LogP contribution in [0.15, 0.2) is 71.4 Å². The van der Waals surface area contributed by atoms with Crippen LogP contribution in [-0.2, 0) is 19.1 Å². The number of ether oxygens (including phenoxy) is 2. The smallest absolute Gasteiger partial charge is 0.341 e. The van der Waals surface area contributed by atoms with Gasteiger partial charge in [-0.15, -0.1) is 22.7 Å². The highest BCUT2D eigenvalue weighted by molar-refractivity contribution is 7.15. The van der Waals surface area contributed by atoms with E-state index in [1.165, 1.54) is 22.7 Å².